The summed E-state index contributed by atoms with van der Waals surface area (Å²) in [7, 11) is 1.66. The smallest absolute Gasteiger partial charge is 0.134 e. The van der Waals surface area contributed by atoms with Gasteiger partial charge >= 0.3 is 0 Å². The van der Waals surface area contributed by atoms with E-state index in [1.165, 1.54) is 0 Å². The first kappa shape index (κ1) is 14.9. The average molecular weight is 292 g/mol. The minimum absolute atomic E-state index is 0.456. The Morgan fingerprint density at radius 1 is 1.35 bits per heavy atom. The summed E-state index contributed by atoms with van der Waals surface area (Å²) in [6, 6.07) is 7.79. The fourth-order valence-corrected chi connectivity index (χ4v) is 2.86. The Labute approximate surface area is 123 Å². The molecule has 108 valence electrons. The van der Waals surface area contributed by atoms with Crippen molar-refractivity contribution < 1.29 is 9.84 Å². The monoisotopic (exact) mass is 292 g/mol. The van der Waals surface area contributed by atoms with Crippen LogP contribution in [0.2, 0.25) is 0 Å². The Morgan fingerprint density at radius 2 is 2.15 bits per heavy atom. The highest BCUT2D eigenvalue weighted by atomic mass is 32.2. The standard InChI is InChI=1S/C15H20N2O2S/c1-15(18,10-20-3)9-17-14-12-5-4-6-13(19-2)11(12)7-8-16-14/h4-8,18H,9-10H2,1-3H3,(H,16,17). The van der Waals surface area contributed by atoms with E-state index in [1.807, 2.05) is 37.4 Å². The molecule has 4 nitrogen and oxygen atoms in total. The highest BCUT2D eigenvalue weighted by molar-refractivity contribution is 7.98. The van der Waals surface area contributed by atoms with E-state index in [9.17, 15) is 5.11 Å². The number of methoxy groups -OCH3 is 1. The predicted molar refractivity (Wildman–Crippen MR) is 85.8 cm³/mol. The lowest BCUT2D eigenvalue weighted by Gasteiger charge is -2.23. The molecule has 1 unspecified atom stereocenters. The first-order valence-electron chi connectivity index (χ1n) is 6.44. The molecule has 0 saturated carbocycles. The second kappa shape index (κ2) is 6.33. The molecule has 1 heterocycles. The zero-order chi connectivity index (χ0) is 14.6. The van der Waals surface area contributed by atoms with Crippen LogP contribution < -0.4 is 10.1 Å². The minimum Gasteiger partial charge on any atom is -0.496 e. The molecule has 0 bridgehead atoms. The van der Waals surface area contributed by atoms with Crippen molar-refractivity contribution in [3.63, 3.8) is 0 Å². The number of hydrogen-bond donors (Lipinski definition) is 2. The molecule has 2 aromatic rings. The molecule has 0 saturated heterocycles. The number of ether oxygens (including phenoxy) is 1. The molecule has 2 rings (SSSR count). The van der Waals surface area contributed by atoms with Crippen molar-refractivity contribution in [2.45, 2.75) is 12.5 Å². The number of aromatic nitrogens is 1. The van der Waals surface area contributed by atoms with Crippen molar-refractivity contribution >= 4 is 28.4 Å². The summed E-state index contributed by atoms with van der Waals surface area (Å²) in [5.74, 6) is 2.26. The Bertz CT molecular complexity index is 587. The average Bonchev–Trinajstić information content (AvgIpc) is 2.44. The summed E-state index contributed by atoms with van der Waals surface area (Å²) >= 11 is 1.62. The molecule has 0 amide bonds. The van der Waals surface area contributed by atoms with Crippen LogP contribution >= 0.6 is 11.8 Å². The van der Waals surface area contributed by atoms with Gasteiger partial charge in [0.25, 0.3) is 0 Å². The van der Waals surface area contributed by atoms with E-state index in [2.05, 4.69) is 10.3 Å². The summed E-state index contributed by atoms with van der Waals surface area (Å²) in [5.41, 5.74) is -0.762. The molecule has 5 heteroatoms. The quantitative estimate of drug-likeness (QED) is 0.857. The van der Waals surface area contributed by atoms with Crippen LogP contribution in [0.5, 0.6) is 5.75 Å². The summed E-state index contributed by atoms with van der Waals surface area (Å²) in [6.07, 6.45) is 3.73. The van der Waals surface area contributed by atoms with Crippen LogP contribution in [0.1, 0.15) is 6.92 Å². The number of pyridine rings is 1. The molecule has 20 heavy (non-hydrogen) atoms. The molecule has 0 radical (unpaired) electrons. The second-order valence-corrected chi connectivity index (χ2v) is 5.86. The summed E-state index contributed by atoms with van der Waals surface area (Å²) in [6.45, 7) is 2.28. The molecule has 1 aromatic carbocycles. The van der Waals surface area contributed by atoms with Gasteiger partial charge in [-0.1, -0.05) is 12.1 Å². The van der Waals surface area contributed by atoms with Gasteiger partial charge in [-0.05, 0) is 25.3 Å². The van der Waals surface area contributed by atoms with Gasteiger partial charge in [-0.3, -0.25) is 0 Å². The van der Waals surface area contributed by atoms with Gasteiger partial charge in [0.15, 0.2) is 0 Å². The Kier molecular flexibility index (Phi) is 4.73. The molecule has 1 aromatic heterocycles. The Hall–Kier alpha value is -1.46. The summed E-state index contributed by atoms with van der Waals surface area (Å²) in [5, 5.41) is 15.5. The summed E-state index contributed by atoms with van der Waals surface area (Å²) < 4.78 is 5.36. The minimum atomic E-state index is -0.762. The largest absolute Gasteiger partial charge is 0.496 e. The lowest BCUT2D eigenvalue weighted by molar-refractivity contribution is 0.0996. The molecule has 0 fully saturated rings. The summed E-state index contributed by atoms with van der Waals surface area (Å²) in [4.78, 5) is 4.36. The van der Waals surface area contributed by atoms with Crippen LogP contribution in [0.25, 0.3) is 10.8 Å². The van der Waals surface area contributed by atoms with Gasteiger partial charge in [-0.15, -0.1) is 0 Å². The van der Waals surface area contributed by atoms with E-state index in [0.29, 0.717) is 12.3 Å². The van der Waals surface area contributed by atoms with Crippen LogP contribution in [0.15, 0.2) is 30.5 Å². The third-order valence-electron chi connectivity index (χ3n) is 3.08. The van der Waals surface area contributed by atoms with Crippen LogP contribution in [0.3, 0.4) is 0 Å². The van der Waals surface area contributed by atoms with Crippen LogP contribution in [0.4, 0.5) is 5.82 Å². The third-order valence-corrected chi connectivity index (χ3v) is 3.99. The van der Waals surface area contributed by atoms with Gasteiger partial charge in [-0.2, -0.15) is 11.8 Å². The molecular weight excluding hydrogens is 272 g/mol. The third kappa shape index (κ3) is 3.35. The van der Waals surface area contributed by atoms with Gasteiger partial charge < -0.3 is 15.2 Å². The lowest BCUT2D eigenvalue weighted by Crippen LogP contribution is -2.36. The van der Waals surface area contributed by atoms with Gasteiger partial charge in [0.1, 0.15) is 11.6 Å². The highest BCUT2D eigenvalue weighted by Gasteiger charge is 2.19. The number of nitrogens with one attached hydrogen (secondary N) is 1. The molecule has 0 aliphatic carbocycles. The molecule has 1 atom stereocenters. The number of anilines is 1. The molecule has 0 aliphatic heterocycles. The Balaban J connectivity index is 2.27. The van der Waals surface area contributed by atoms with Crippen LogP contribution in [-0.2, 0) is 0 Å². The zero-order valence-electron chi connectivity index (χ0n) is 12.0. The van der Waals surface area contributed by atoms with Gasteiger partial charge in [0.05, 0.1) is 12.7 Å². The zero-order valence-corrected chi connectivity index (χ0v) is 12.8. The molecular formula is C15H20N2O2S. The van der Waals surface area contributed by atoms with Gasteiger partial charge in [-0.25, -0.2) is 4.98 Å². The van der Waals surface area contributed by atoms with Crippen LogP contribution in [-0.4, -0.2) is 41.4 Å². The number of rotatable bonds is 6. The van der Waals surface area contributed by atoms with Crippen LogP contribution in [0, 0.1) is 0 Å². The topological polar surface area (TPSA) is 54.4 Å². The fraction of sp³-hybridized carbons (Fsp3) is 0.400. The van der Waals surface area contributed by atoms with Crippen molar-refractivity contribution in [2.75, 3.05) is 31.0 Å². The normalized spacial score (nSPS) is 14.0. The molecule has 2 N–H and O–H groups in total. The van der Waals surface area contributed by atoms with E-state index in [-0.39, 0.29) is 0 Å². The number of benzene rings is 1. The first-order chi connectivity index (χ1) is 9.57. The van der Waals surface area contributed by atoms with E-state index >= 15 is 0 Å². The maximum atomic E-state index is 10.2. The first-order valence-corrected chi connectivity index (χ1v) is 7.84. The van der Waals surface area contributed by atoms with Gasteiger partial charge in [0.2, 0.25) is 0 Å². The molecule has 0 spiro atoms. The van der Waals surface area contributed by atoms with Crippen molar-refractivity contribution in [3.8, 4) is 5.75 Å². The van der Waals surface area contributed by atoms with Crippen molar-refractivity contribution in [1.82, 2.24) is 4.98 Å². The number of fused-ring (bicyclic) bond motifs is 1. The van der Waals surface area contributed by atoms with E-state index in [1.54, 1.807) is 25.1 Å². The van der Waals surface area contributed by atoms with Crippen molar-refractivity contribution in [1.29, 1.82) is 0 Å². The fourth-order valence-electron chi connectivity index (χ4n) is 2.13. The number of thioether (sulfide) groups is 1. The predicted octanol–water partition coefficient (Wildman–Crippen LogP) is 2.77. The van der Waals surface area contributed by atoms with Crippen molar-refractivity contribution in [3.05, 3.63) is 30.5 Å². The maximum absolute atomic E-state index is 10.2. The SMILES string of the molecule is COc1cccc2c(NCC(C)(O)CSC)nccc12. The van der Waals surface area contributed by atoms with E-state index in [4.69, 9.17) is 4.74 Å². The van der Waals surface area contributed by atoms with Gasteiger partial charge in [0, 0.05) is 29.3 Å². The Morgan fingerprint density at radius 3 is 2.85 bits per heavy atom. The lowest BCUT2D eigenvalue weighted by atomic mass is 10.1. The van der Waals surface area contributed by atoms with Crippen molar-refractivity contribution in [2.24, 2.45) is 0 Å². The second-order valence-electron chi connectivity index (χ2n) is 5.00. The van der Waals surface area contributed by atoms with E-state index in [0.717, 1.165) is 22.3 Å². The highest BCUT2D eigenvalue weighted by Crippen LogP contribution is 2.29. The van der Waals surface area contributed by atoms with E-state index < -0.39 is 5.60 Å². The maximum Gasteiger partial charge on any atom is 0.134 e. The number of nitrogens with zero attached hydrogens (tertiary/aromatic N) is 1. The number of aliphatic hydroxyl groups is 1. The molecule has 0 aliphatic rings. The number of hydrogen-bond acceptors (Lipinski definition) is 5.